The molecule has 0 radical (unpaired) electrons. The van der Waals surface area contributed by atoms with Crippen LogP contribution in [0.4, 0.5) is 14.5 Å². The van der Waals surface area contributed by atoms with E-state index in [-0.39, 0.29) is 22.7 Å². The number of hydrogen-bond donors (Lipinski definition) is 1. The molecule has 0 aromatic heterocycles. The number of hydrogen-bond acceptors (Lipinski definition) is 3. The molecule has 90 valence electrons. The number of nitriles is 1. The van der Waals surface area contributed by atoms with Crippen molar-refractivity contribution >= 4 is 5.69 Å². The highest BCUT2D eigenvalue weighted by Gasteiger charge is 2.07. The summed E-state index contributed by atoms with van der Waals surface area (Å²) in [5.41, 5.74) is 5.59. The first kappa shape index (κ1) is 11.9. The van der Waals surface area contributed by atoms with E-state index < -0.39 is 11.6 Å². The Kier molecular flexibility index (Phi) is 3.11. The average molecular weight is 246 g/mol. The number of benzene rings is 2. The van der Waals surface area contributed by atoms with Crippen molar-refractivity contribution in [2.24, 2.45) is 0 Å². The summed E-state index contributed by atoms with van der Waals surface area (Å²) in [5, 5.41) is 8.58. The van der Waals surface area contributed by atoms with E-state index in [1.807, 2.05) is 0 Å². The summed E-state index contributed by atoms with van der Waals surface area (Å²) in [7, 11) is 0. The van der Waals surface area contributed by atoms with E-state index in [1.54, 1.807) is 6.07 Å². The lowest BCUT2D eigenvalue weighted by Crippen LogP contribution is -1.94. The molecule has 2 aromatic carbocycles. The molecule has 2 aromatic rings. The van der Waals surface area contributed by atoms with Gasteiger partial charge in [0.2, 0.25) is 0 Å². The van der Waals surface area contributed by atoms with Gasteiger partial charge in [0.1, 0.15) is 23.5 Å². The maximum absolute atomic E-state index is 13.3. The van der Waals surface area contributed by atoms with Gasteiger partial charge in [-0.2, -0.15) is 5.26 Å². The molecule has 0 amide bonds. The van der Waals surface area contributed by atoms with Crippen molar-refractivity contribution in [2.75, 3.05) is 5.73 Å². The molecule has 0 aliphatic carbocycles. The Morgan fingerprint density at radius 3 is 2.50 bits per heavy atom. The predicted octanol–water partition coefficient (Wildman–Crippen LogP) is 3.21. The number of rotatable bonds is 2. The molecular formula is C13H8F2N2O. The zero-order valence-corrected chi connectivity index (χ0v) is 9.15. The number of halogens is 2. The summed E-state index contributed by atoms with van der Waals surface area (Å²) in [5.74, 6) is -0.758. The lowest BCUT2D eigenvalue weighted by Gasteiger charge is -2.08. The molecule has 0 heterocycles. The molecule has 0 fully saturated rings. The van der Waals surface area contributed by atoms with Gasteiger partial charge in [-0.1, -0.05) is 0 Å². The van der Waals surface area contributed by atoms with E-state index in [2.05, 4.69) is 0 Å². The number of nitrogens with zero attached hydrogens (tertiary/aromatic N) is 1. The Morgan fingerprint density at radius 1 is 1.11 bits per heavy atom. The molecule has 0 saturated heterocycles. The Labute approximate surface area is 102 Å². The van der Waals surface area contributed by atoms with Gasteiger partial charge in [0.15, 0.2) is 5.75 Å². The number of nitrogens with two attached hydrogens (primary N) is 1. The molecule has 18 heavy (non-hydrogen) atoms. The van der Waals surface area contributed by atoms with Gasteiger partial charge < -0.3 is 10.5 Å². The largest absolute Gasteiger partial charge is 0.455 e. The van der Waals surface area contributed by atoms with Crippen LogP contribution in [-0.4, -0.2) is 0 Å². The van der Waals surface area contributed by atoms with Crippen molar-refractivity contribution in [2.45, 2.75) is 0 Å². The van der Waals surface area contributed by atoms with Gasteiger partial charge >= 0.3 is 0 Å². The minimum Gasteiger partial charge on any atom is -0.455 e. The first-order valence-electron chi connectivity index (χ1n) is 5.02. The Balaban J connectivity index is 2.29. The van der Waals surface area contributed by atoms with Crippen LogP contribution in [0.15, 0.2) is 36.4 Å². The van der Waals surface area contributed by atoms with Crippen LogP contribution < -0.4 is 10.5 Å². The maximum atomic E-state index is 13.3. The van der Waals surface area contributed by atoms with Gasteiger partial charge in [0, 0.05) is 12.1 Å². The van der Waals surface area contributed by atoms with Crippen LogP contribution in [0.25, 0.3) is 0 Å². The van der Waals surface area contributed by atoms with Crippen LogP contribution in [-0.2, 0) is 0 Å². The molecule has 0 unspecified atom stereocenters. The number of ether oxygens (including phenoxy) is 1. The molecule has 0 saturated carbocycles. The van der Waals surface area contributed by atoms with Crippen LogP contribution >= 0.6 is 0 Å². The Hall–Kier alpha value is -2.61. The van der Waals surface area contributed by atoms with Crippen molar-refractivity contribution in [1.82, 2.24) is 0 Å². The van der Waals surface area contributed by atoms with E-state index in [1.165, 1.54) is 24.3 Å². The summed E-state index contributed by atoms with van der Waals surface area (Å²) in [4.78, 5) is 0. The number of anilines is 1. The summed E-state index contributed by atoms with van der Waals surface area (Å²) in [6, 6.07) is 9.14. The SMILES string of the molecule is N#Cc1ccc(Oc2ccc(F)cc2N)cc1F. The molecule has 0 atom stereocenters. The third kappa shape index (κ3) is 2.38. The average Bonchev–Trinajstić information content (AvgIpc) is 2.33. The highest BCUT2D eigenvalue weighted by molar-refractivity contribution is 5.54. The van der Waals surface area contributed by atoms with Gasteiger partial charge in [-0.3, -0.25) is 0 Å². The quantitative estimate of drug-likeness (QED) is 0.827. The summed E-state index contributed by atoms with van der Waals surface area (Å²) >= 11 is 0. The highest BCUT2D eigenvalue weighted by Crippen LogP contribution is 2.28. The van der Waals surface area contributed by atoms with E-state index in [4.69, 9.17) is 15.7 Å². The molecule has 0 aliphatic rings. The van der Waals surface area contributed by atoms with E-state index >= 15 is 0 Å². The smallest absolute Gasteiger partial charge is 0.150 e. The summed E-state index contributed by atoms with van der Waals surface area (Å²) in [6.45, 7) is 0. The van der Waals surface area contributed by atoms with Crippen molar-refractivity contribution in [1.29, 1.82) is 5.26 Å². The van der Waals surface area contributed by atoms with E-state index in [0.29, 0.717) is 0 Å². The minimum absolute atomic E-state index is 0.0746. The second-order valence-corrected chi connectivity index (χ2v) is 3.54. The Morgan fingerprint density at radius 2 is 1.89 bits per heavy atom. The minimum atomic E-state index is -0.685. The second kappa shape index (κ2) is 4.72. The van der Waals surface area contributed by atoms with Crippen LogP contribution in [0.2, 0.25) is 0 Å². The topological polar surface area (TPSA) is 59.0 Å². The number of nitrogen functional groups attached to an aromatic ring is 1. The fourth-order valence-corrected chi connectivity index (χ4v) is 1.39. The van der Waals surface area contributed by atoms with E-state index in [0.717, 1.165) is 12.1 Å². The van der Waals surface area contributed by atoms with Crippen LogP contribution in [0.5, 0.6) is 11.5 Å². The van der Waals surface area contributed by atoms with Crippen molar-refractivity contribution in [3.63, 3.8) is 0 Å². The van der Waals surface area contributed by atoms with Crippen molar-refractivity contribution in [3.05, 3.63) is 53.6 Å². The van der Waals surface area contributed by atoms with Crippen molar-refractivity contribution in [3.8, 4) is 17.6 Å². The first-order chi connectivity index (χ1) is 8.60. The molecule has 3 nitrogen and oxygen atoms in total. The standard InChI is InChI=1S/C13H8F2N2O/c14-9-2-4-13(12(17)5-9)18-10-3-1-8(7-16)11(15)6-10/h1-6H,17H2. The molecule has 5 heteroatoms. The first-order valence-corrected chi connectivity index (χ1v) is 5.02. The molecule has 2 rings (SSSR count). The molecule has 0 spiro atoms. The maximum Gasteiger partial charge on any atom is 0.150 e. The third-order valence-electron chi connectivity index (χ3n) is 2.26. The zero-order valence-electron chi connectivity index (χ0n) is 9.15. The highest BCUT2D eigenvalue weighted by atomic mass is 19.1. The lowest BCUT2D eigenvalue weighted by atomic mass is 10.2. The third-order valence-corrected chi connectivity index (χ3v) is 2.26. The van der Waals surface area contributed by atoms with Gasteiger partial charge in [0.25, 0.3) is 0 Å². The lowest BCUT2D eigenvalue weighted by molar-refractivity contribution is 0.477. The van der Waals surface area contributed by atoms with Crippen molar-refractivity contribution < 1.29 is 13.5 Å². The zero-order chi connectivity index (χ0) is 13.1. The van der Waals surface area contributed by atoms with Gasteiger partial charge in [0.05, 0.1) is 11.3 Å². The van der Waals surface area contributed by atoms with Gasteiger partial charge in [-0.05, 0) is 24.3 Å². The van der Waals surface area contributed by atoms with Crippen LogP contribution in [0.3, 0.4) is 0 Å². The Bertz CT molecular complexity index is 635. The predicted molar refractivity (Wildman–Crippen MR) is 62.0 cm³/mol. The van der Waals surface area contributed by atoms with Gasteiger partial charge in [-0.25, -0.2) is 8.78 Å². The fourth-order valence-electron chi connectivity index (χ4n) is 1.39. The molecule has 0 aliphatic heterocycles. The normalized spacial score (nSPS) is 9.83. The van der Waals surface area contributed by atoms with Crippen LogP contribution in [0, 0.1) is 23.0 Å². The fraction of sp³-hybridized carbons (Fsp3) is 0. The monoisotopic (exact) mass is 246 g/mol. The molecule has 0 bridgehead atoms. The second-order valence-electron chi connectivity index (χ2n) is 3.54. The van der Waals surface area contributed by atoms with Gasteiger partial charge in [-0.15, -0.1) is 0 Å². The van der Waals surface area contributed by atoms with E-state index in [9.17, 15) is 8.78 Å². The van der Waals surface area contributed by atoms with Crippen LogP contribution in [0.1, 0.15) is 5.56 Å². The summed E-state index contributed by atoms with van der Waals surface area (Å²) in [6.07, 6.45) is 0. The summed E-state index contributed by atoms with van der Waals surface area (Å²) < 4.78 is 31.4. The molecular weight excluding hydrogens is 238 g/mol. The molecule has 2 N–H and O–H groups in total.